The van der Waals surface area contributed by atoms with Gasteiger partial charge in [-0.3, -0.25) is 4.79 Å². The highest BCUT2D eigenvalue weighted by Gasteiger charge is 2.51. The zero-order valence-electron chi connectivity index (χ0n) is 17.2. The van der Waals surface area contributed by atoms with Crippen molar-refractivity contribution < 1.29 is 9.59 Å². The fourth-order valence-corrected chi connectivity index (χ4v) is 3.81. The van der Waals surface area contributed by atoms with Gasteiger partial charge < -0.3 is 5.32 Å². The summed E-state index contributed by atoms with van der Waals surface area (Å²) >= 11 is 0. The molecule has 0 bridgehead atoms. The Bertz CT molecular complexity index is 1120. The summed E-state index contributed by atoms with van der Waals surface area (Å²) in [7, 11) is 0. The zero-order chi connectivity index (χ0) is 21.3. The molecule has 1 aliphatic heterocycles. The first-order valence-corrected chi connectivity index (χ1v) is 9.86. The summed E-state index contributed by atoms with van der Waals surface area (Å²) in [5, 5.41) is 12.6. The number of nitrogens with one attached hydrogen (secondary N) is 1. The van der Waals surface area contributed by atoms with Crippen LogP contribution in [0.5, 0.6) is 0 Å². The van der Waals surface area contributed by atoms with Gasteiger partial charge in [-0.1, -0.05) is 55.5 Å². The molecule has 1 N–H and O–H groups in total. The van der Waals surface area contributed by atoms with Gasteiger partial charge >= 0.3 is 6.03 Å². The van der Waals surface area contributed by atoms with Gasteiger partial charge in [-0.25, -0.2) is 9.48 Å². The van der Waals surface area contributed by atoms with Crippen LogP contribution in [0.2, 0.25) is 0 Å². The van der Waals surface area contributed by atoms with Gasteiger partial charge in [-0.2, -0.15) is 10.2 Å². The van der Waals surface area contributed by atoms with E-state index >= 15 is 0 Å². The van der Waals surface area contributed by atoms with Crippen LogP contribution in [-0.2, 0) is 10.3 Å². The number of rotatable bonds is 5. The van der Waals surface area contributed by atoms with Crippen molar-refractivity contribution in [2.75, 3.05) is 0 Å². The van der Waals surface area contributed by atoms with E-state index in [0.717, 1.165) is 33.2 Å². The average Bonchev–Trinajstić information content (AvgIpc) is 3.20. The van der Waals surface area contributed by atoms with Crippen LogP contribution in [0.1, 0.15) is 35.9 Å². The molecule has 1 aromatic heterocycles. The molecule has 1 saturated heterocycles. The number of hydrogen-bond donors (Lipinski definition) is 1. The molecule has 1 atom stereocenters. The number of hydrogen-bond acceptors (Lipinski definition) is 4. The lowest BCUT2D eigenvalue weighted by molar-refractivity contribution is -0.131. The number of aromatic nitrogens is 2. The number of imide groups is 1. The highest BCUT2D eigenvalue weighted by atomic mass is 16.2. The summed E-state index contributed by atoms with van der Waals surface area (Å²) in [6.45, 7) is 5.68. The maximum absolute atomic E-state index is 13.2. The van der Waals surface area contributed by atoms with Crippen LogP contribution in [-0.4, -0.2) is 32.9 Å². The minimum Gasteiger partial charge on any atom is -0.318 e. The lowest BCUT2D eigenvalue weighted by Gasteiger charge is -2.24. The molecule has 0 aliphatic carbocycles. The van der Waals surface area contributed by atoms with E-state index in [9.17, 15) is 9.59 Å². The molecular weight excluding hydrogens is 378 g/mol. The van der Waals surface area contributed by atoms with Gasteiger partial charge in [-0.05, 0) is 38.0 Å². The number of para-hydroxylation sites is 1. The summed E-state index contributed by atoms with van der Waals surface area (Å²) in [6.07, 6.45) is 1.96. The molecule has 30 heavy (non-hydrogen) atoms. The lowest BCUT2D eigenvalue weighted by atomic mass is 9.87. The Hall–Kier alpha value is -3.74. The summed E-state index contributed by atoms with van der Waals surface area (Å²) in [6, 6.07) is 18.5. The van der Waals surface area contributed by atoms with Gasteiger partial charge in [-0.15, -0.1) is 5.01 Å². The predicted molar refractivity (Wildman–Crippen MR) is 114 cm³/mol. The highest BCUT2D eigenvalue weighted by molar-refractivity contribution is 6.07. The van der Waals surface area contributed by atoms with Gasteiger partial charge in [0.05, 0.1) is 23.3 Å². The van der Waals surface area contributed by atoms with Gasteiger partial charge in [0.1, 0.15) is 5.54 Å². The van der Waals surface area contributed by atoms with Crippen LogP contribution in [0.15, 0.2) is 65.8 Å². The van der Waals surface area contributed by atoms with Crippen LogP contribution in [0.3, 0.4) is 0 Å². The van der Waals surface area contributed by atoms with Gasteiger partial charge in [0.15, 0.2) is 0 Å². The number of carbonyl (C=O) groups is 2. The monoisotopic (exact) mass is 401 g/mol. The molecule has 3 amide bonds. The topological polar surface area (TPSA) is 79.6 Å². The third-order valence-corrected chi connectivity index (χ3v) is 5.52. The molecule has 0 unspecified atom stereocenters. The first-order valence-electron chi connectivity index (χ1n) is 9.86. The molecule has 7 nitrogen and oxygen atoms in total. The molecule has 0 saturated carbocycles. The van der Waals surface area contributed by atoms with Crippen molar-refractivity contribution in [3.63, 3.8) is 0 Å². The normalized spacial score (nSPS) is 19.0. The van der Waals surface area contributed by atoms with Gasteiger partial charge in [0.2, 0.25) is 0 Å². The second-order valence-corrected chi connectivity index (χ2v) is 7.25. The van der Waals surface area contributed by atoms with Gasteiger partial charge in [0, 0.05) is 5.56 Å². The molecule has 0 spiro atoms. The van der Waals surface area contributed by atoms with E-state index in [1.807, 2.05) is 86.1 Å². The molecule has 152 valence electrons. The number of urea groups is 1. The minimum absolute atomic E-state index is 0.386. The van der Waals surface area contributed by atoms with Crippen molar-refractivity contribution in [3.05, 3.63) is 83.2 Å². The number of carbonyl (C=O) groups excluding carboxylic acids is 2. The van der Waals surface area contributed by atoms with E-state index in [1.165, 1.54) is 6.21 Å². The largest absolute Gasteiger partial charge is 0.346 e. The van der Waals surface area contributed by atoms with E-state index in [-0.39, 0.29) is 5.91 Å². The Morgan fingerprint density at radius 3 is 2.30 bits per heavy atom. The lowest BCUT2D eigenvalue weighted by Crippen LogP contribution is -2.43. The molecule has 2 heterocycles. The average molecular weight is 401 g/mol. The Kier molecular flexibility index (Phi) is 4.95. The quantitative estimate of drug-likeness (QED) is 0.523. The number of aryl methyl sites for hydroxylation is 1. The molecule has 0 radical (unpaired) electrons. The Morgan fingerprint density at radius 2 is 1.67 bits per heavy atom. The van der Waals surface area contributed by atoms with Crippen molar-refractivity contribution in [1.29, 1.82) is 0 Å². The SMILES string of the molecule is CC[C@]1(c2ccccc2)NC(=O)N(N=Cc2c(C)nn(-c3ccccc3)c2C)C1=O. The zero-order valence-corrected chi connectivity index (χ0v) is 17.2. The first kappa shape index (κ1) is 19.6. The van der Waals surface area contributed by atoms with Crippen LogP contribution < -0.4 is 5.32 Å². The number of nitrogens with zero attached hydrogens (tertiary/aromatic N) is 4. The third kappa shape index (κ3) is 3.08. The van der Waals surface area contributed by atoms with E-state index in [2.05, 4.69) is 15.5 Å². The molecule has 7 heteroatoms. The van der Waals surface area contributed by atoms with Crippen LogP contribution >= 0.6 is 0 Å². The smallest absolute Gasteiger partial charge is 0.318 e. The van der Waals surface area contributed by atoms with Crippen molar-refractivity contribution in [3.8, 4) is 5.69 Å². The van der Waals surface area contributed by atoms with Crippen molar-refractivity contribution >= 4 is 18.2 Å². The van der Waals surface area contributed by atoms with E-state index in [4.69, 9.17) is 0 Å². The van der Waals surface area contributed by atoms with Crippen molar-refractivity contribution in [2.45, 2.75) is 32.7 Å². The minimum atomic E-state index is -1.10. The van der Waals surface area contributed by atoms with Crippen molar-refractivity contribution in [2.24, 2.45) is 5.10 Å². The van der Waals surface area contributed by atoms with Crippen LogP contribution in [0.4, 0.5) is 4.79 Å². The summed E-state index contributed by atoms with van der Waals surface area (Å²) in [5.74, 6) is -0.386. The predicted octanol–water partition coefficient (Wildman–Crippen LogP) is 3.68. The second kappa shape index (κ2) is 7.59. The number of amides is 3. The maximum Gasteiger partial charge on any atom is 0.346 e. The van der Waals surface area contributed by atoms with Gasteiger partial charge in [0.25, 0.3) is 5.91 Å². The Balaban J connectivity index is 1.66. The molecule has 2 aromatic carbocycles. The second-order valence-electron chi connectivity index (χ2n) is 7.25. The summed E-state index contributed by atoms with van der Waals surface area (Å²) < 4.78 is 1.82. The molecule has 1 aliphatic rings. The fraction of sp³-hybridized carbons (Fsp3) is 0.217. The third-order valence-electron chi connectivity index (χ3n) is 5.52. The molecular formula is C23H23N5O2. The first-order chi connectivity index (χ1) is 14.5. The Morgan fingerprint density at radius 1 is 1.03 bits per heavy atom. The summed E-state index contributed by atoms with van der Waals surface area (Å²) in [5.41, 5.74) is 2.98. The molecule has 4 rings (SSSR count). The molecule has 1 fully saturated rings. The number of hydrazone groups is 1. The highest BCUT2D eigenvalue weighted by Crippen LogP contribution is 2.32. The maximum atomic E-state index is 13.2. The van der Waals surface area contributed by atoms with Crippen LogP contribution in [0.25, 0.3) is 5.69 Å². The molecule has 3 aromatic rings. The number of benzene rings is 2. The standard InChI is InChI=1S/C23H23N5O2/c1-4-23(18-11-7-5-8-12-18)21(29)28(22(30)25-23)24-15-20-16(2)26-27(17(20)3)19-13-9-6-10-14-19/h5-15H,4H2,1-3H3,(H,25,30)/t23-/m1/s1. The van der Waals surface area contributed by atoms with E-state index < -0.39 is 11.6 Å². The van der Waals surface area contributed by atoms with E-state index in [1.54, 1.807) is 0 Å². The summed E-state index contributed by atoms with van der Waals surface area (Å²) in [4.78, 5) is 25.8. The fourth-order valence-electron chi connectivity index (χ4n) is 3.81. The van der Waals surface area contributed by atoms with E-state index in [0.29, 0.717) is 6.42 Å². The Labute approximate surface area is 175 Å². The van der Waals surface area contributed by atoms with Crippen molar-refractivity contribution in [1.82, 2.24) is 20.1 Å². The van der Waals surface area contributed by atoms with Crippen LogP contribution in [0, 0.1) is 13.8 Å².